The molecule has 0 aliphatic heterocycles. The fourth-order valence-corrected chi connectivity index (χ4v) is 2.37. The summed E-state index contributed by atoms with van der Waals surface area (Å²) in [6, 6.07) is 0. The van der Waals surface area contributed by atoms with Gasteiger partial charge in [-0.3, -0.25) is 4.98 Å². The number of hydrogen-bond acceptors (Lipinski definition) is 4. The maximum atomic E-state index is 6.00. The number of halogens is 2. The second-order valence-corrected chi connectivity index (χ2v) is 4.43. The van der Waals surface area contributed by atoms with Crippen molar-refractivity contribution in [1.82, 2.24) is 15.0 Å². The molecule has 0 aliphatic carbocycles. The fraction of sp³-hybridized carbons (Fsp3) is 0.222. The highest BCUT2D eigenvalue weighted by Gasteiger charge is 2.11. The van der Waals surface area contributed by atoms with Crippen LogP contribution >= 0.6 is 34.5 Å². The van der Waals surface area contributed by atoms with E-state index in [-0.39, 0.29) is 0 Å². The predicted octanol–water partition coefficient (Wildman–Crippen LogP) is 3.47. The Morgan fingerprint density at radius 2 is 1.93 bits per heavy atom. The lowest BCUT2D eigenvalue weighted by molar-refractivity contribution is 1.05. The first kappa shape index (κ1) is 10.8. The Morgan fingerprint density at radius 3 is 2.40 bits per heavy atom. The van der Waals surface area contributed by atoms with Crippen LogP contribution in [0.5, 0.6) is 0 Å². The summed E-state index contributed by atoms with van der Waals surface area (Å²) in [6.07, 6.45) is 2.42. The van der Waals surface area contributed by atoms with Crippen molar-refractivity contribution in [3.63, 3.8) is 0 Å². The van der Waals surface area contributed by atoms with Crippen molar-refractivity contribution in [2.75, 3.05) is 0 Å². The van der Waals surface area contributed by atoms with Crippen molar-refractivity contribution in [1.29, 1.82) is 0 Å². The van der Waals surface area contributed by atoms with Crippen molar-refractivity contribution >= 4 is 34.5 Å². The number of aromatic nitrogens is 3. The maximum Gasteiger partial charge on any atom is 0.174 e. The third-order valence-electron chi connectivity index (χ3n) is 1.91. The second-order valence-electron chi connectivity index (χ2n) is 2.83. The second kappa shape index (κ2) is 4.43. The van der Waals surface area contributed by atoms with Crippen LogP contribution in [0.25, 0.3) is 10.7 Å². The van der Waals surface area contributed by atoms with Gasteiger partial charge in [-0.25, -0.2) is 9.97 Å². The van der Waals surface area contributed by atoms with Gasteiger partial charge in [0.05, 0.1) is 10.4 Å². The molecule has 0 atom stereocenters. The van der Waals surface area contributed by atoms with Gasteiger partial charge in [-0.1, -0.05) is 30.1 Å². The molecule has 6 heteroatoms. The first-order valence-electron chi connectivity index (χ1n) is 4.33. The van der Waals surface area contributed by atoms with Gasteiger partial charge in [-0.05, 0) is 6.42 Å². The molecule has 3 nitrogen and oxygen atoms in total. The molecule has 15 heavy (non-hydrogen) atoms. The smallest absolute Gasteiger partial charge is 0.174 e. The molecular formula is C9H7Cl2N3S. The molecule has 0 radical (unpaired) electrons. The summed E-state index contributed by atoms with van der Waals surface area (Å²) in [5.74, 6) is 0.532. The lowest BCUT2D eigenvalue weighted by Crippen LogP contribution is -1.95. The Morgan fingerprint density at radius 1 is 1.27 bits per heavy atom. The molecular weight excluding hydrogens is 253 g/mol. The first-order valence-corrected chi connectivity index (χ1v) is 5.96. The van der Waals surface area contributed by atoms with Crippen LogP contribution in [-0.4, -0.2) is 15.0 Å². The van der Waals surface area contributed by atoms with Crippen LogP contribution in [0.1, 0.15) is 12.5 Å². The molecule has 0 fully saturated rings. The Labute approximate surface area is 101 Å². The van der Waals surface area contributed by atoms with E-state index in [2.05, 4.69) is 15.0 Å². The molecule has 0 saturated carbocycles. The van der Waals surface area contributed by atoms with Crippen LogP contribution in [0.15, 0.2) is 11.7 Å². The molecule has 0 bridgehead atoms. The standard InChI is InChI=1S/C9H7Cl2N3S/c1-2-5-7(10)13-9(14-8(5)11)6-3-12-4-15-6/h3-4H,2H2,1H3. The Hall–Kier alpha value is -0.710. The maximum absolute atomic E-state index is 6.00. The lowest BCUT2D eigenvalue weighted by Gasteiger charge is -2.04. The van der Waals surface area contributed by atoms with Crippen LogP contribution < -0.4 is 0 Å². The summed E-state index contributed by atoms with van der Waals surface area (Å²) in [5.41, 5.74) is 2.50. The molecule has 0 unspecified atom stereocenters. The van der Waals surface area contributed by atoms with E-state index in [1.54, 1.807) is 11.7 Å². The van der Waals surface area contributed by atoms with Crippen LogP contribution in [0.3, 0.4) is 0 Å². The van der Waals surface area contributed by atoms with Gasteiger partial charge in [-0.15, -0.1) is 11.3 Å². The minimum atomic E-state index is 0.418. The van der Waals surface area contributed by atoms with Gasteiger partial charge in [-0.2, -0.15) is 0 Å². The Bertz CT molecular complexity index is 447. The van der Waals surface area contributed by atoms with E-state index in [0.717, 1.165) is 16.9 Å². The molecule has 0 aliphatic rings. The van der Waals surface area contributed by atoms with Crippen LogP contribution in [0.2, 0.25) is 10.3 Å². The third-order valence-corrected chi connectivity index (χ3v) is 3.31. The highest BCUT2D eigenvalue weighted by molar-refractivity contribution is 7.13. The summed E-state index contributed by atoms with van der Waals surface area (Å²) in [6.45, 7) is 1.96. The molecule has 0 saturated heterocycles. The van der Waals surface area contributed by atoms with E-state index in [1.807, 2.05) is 6.92 Å². The Kier molecular flexibility index (Phi) is 3.19. The van der Waals surface area contributed by atoms with Gasteiger partial charge in [0, 0.05) is 11.8 Å². The zero-order chi connectivity index (χ0) is 10.8. The quantitative estimate of drug-likeness (QED) is 0.776. The largest absolute Gasteiger partial charge is 0.252 e. The van der Waals surface area contributed by atoms with Gasteiger partial charge >= 0.3 is 0 Å². The summed E-state index contributed by atoms with van der Waals surface area (Å²) in [4.78, 5) is 13.2. The Balaban J connectivity index is 2.53. The van der Waals surface area contributed by atoms with Crippen LogP contribution in [0, 0.1) is 0 Å². The molecule has 2 rings (SSSR count). The average molecular weight is 260 g/mol. The van der Waals surface area contributed by atoms with Gasteiger partial charge in [0.15, 0.2) is 5.82 Å². The number of thiazole rings is 1. The van der Waals surface area contributed by atoms with E-state index in [9.17, 15) is 0 Å². The van der Waals surface area contributed by atoms with Crippen molar-refractivity contribution < 1.29 is 0 Å². The topological polar surface area (TPSA) is 38.7 Å². The summed E-state index contributed by atoms with van der Waals surface area (Å²) in [7, 11) is 0. The van der Waals surface area contributed by atoms with Gasteiger partial charge in [0.25, 0.3) is 0 Å². The zero-order valence-electron chi connectivity index (χ0n) is 7.87. The van der Waals surface area contributed by atoms with Crippen molar-refractivity contribution in [3.8, 4) is 10.7 Å². The molecule has 0 aromatic carbocycles. The first-order chi connectivity index (χ1) is 7.22. The average Bonchev–Trinajstić information content (AvgIpc) is 2.69. The number of nitrogens with zero attached hydrogens (tertiary/aromatic N) is 3. The van der Waals surface area contributed by atoms with E-state index in [0.29, 0.717) is 16.1 Å². The summed E-state index contributed by atoms with van der Waals surface area (Å²) in [5, 5.41) is 0.835. The third kappa shape index (κ3) is 2.12. The summed E-state index contributed by atoms with van der Waals surface area (Å²) < 4.78 is 0. The van der Waals surface area contributed by atoms with Gasteiger partial charge in [0.1, 0.15) is 10.3 Å². The molecule has 0 amide bonds. The zero-order valence-corrected chi connectivity index (χ0v) is 10.2. The summed E-state index contributed by atoms with van der Waals surface area (Å²) >= 11 is 13.5. The van der Waals surface area contributed by atoms with Crippen molar-refractivity contribution in [3.05, 3.63) is 27.6 Å². The van der Waals surface area contributed by atoms with E-state index in [4.69, 9.17) is 23.2 Å². The van der Waals surface area contributed by atoms with Gasteiger partial charge < -0.3 is 0 Å². The molecule has 2 aromatic heterocycles. The van der Waals surface area contributed by atoms with E-state index < -0.39 is 0 Å². The van der Waals surface area contributed by atoms with E-state index >= 15 is 0 Å². The normalized spacial score (nSPS) is 10.6. The van der Waals surface area contributed by atoms with Crippen molar-refractivity contribution in [2.45, 2.75) is 13.3 Å². The number of hydrogen-bond donors (Lipinski definition) is 0. The molecule has 78 valence electrons. The molecule has 0 N–H and O–H groups in total. The molecule has 0 spiro atoms. The monoisotopic (exact) mass is 259 g/mol. The predicted molar refractivity (Wildman–Crippen MR) is 62.5 cm³/mol. The SMILES string of the molecule is CCc1c(Cl)nc(-c2cncs2)nc1Cl. The molecule has 2 aromatic rings. The number of rotatable bonds is 2. The van der Waals surface area contributed by atoms with Crippen molar-refractivity contribution in [2.24, 2.45) is 0 Å². The minimum absolute atomic E-state index is 0.418. The molecule has 2 heterocycles. The lowest BCUT2D eigenvalue weighted by atomic mass is 10.3. The van der Waals surface area contributed by atoms with Gasteiger partial charge in [0.2, 0.25) is 0 Å². The minimum Gasteiger partial charge on any atom is -0.252 e. The fourth-order valence-electron chi connectivity index (χ4n) is 1.16. The van der Waals surface area contributed by atoms with Crippen LogP contribution in [0.4, 0.5) is 0 Å². The highest BCUT2D eigenvalue weighted by atomic mass is 35.5. The van der Waals surface area contributed by atoms with E-state index in [1.165, 1.54) is 11.3 Å². The van der Waals surface area contributed by atoms with Crippen LogP contribution in [-0.2, 0) is 6.42 Å². The highest BCUT2D eigenvalue weighted by Crippen LogP contribution is 2.27.